The minimum Gasteiger partial charge on any atom is -0.383 e. The van der Waals surface area contributed by atoms with Crippen LogP contribution in [-0.4, -0.2) is 34.5 Å². The molecule has 0 amide bonds. The van der Waals surface area contributed by atoms with E-state index in [2.05, 4.69) is 42.6 Å². The number of nitrogens with two attached hydrogens (primary N) is 1. The van der Waals surface area contributed by atoms with Crippen molar-refractivity contribution in [1.29, 1.82) is 0 Å². The zero-order valence-electron chi connectivity index (χ0n) is 12.3. The lowest BCUT2D eigenvalue weighted by molar-refractivity contribution is 0.305. The summed E-state index contributed by atoms with van der Waals surface area (Å²) in [4.78, 5) is 11.4. The third-order valence-corrected chi connectivity index (χ3v) is 3.34. The average Bonchev–Trinajstić information content (AvgIpc) is 2.28. The molecule has 1 aromatic rings. The van der Waals surface area contributed by atoms with Crippen molar-refractivity contribution in [3.63, 3.8) is 0 Å². The number of anilines is 1. The Bertz CT molecular complexity index is 360. The zero-order valence-corrected chi connectivity index (χ0v) is 12.3. The van der Waals surface area contributed by atoms with Gasteiger partial charge in [0.15, 0.2) is 0 Å². The Hall–Kier alpha value is -1.16. The number of aryl methyl sites for hydroxylation is 1. The van der Waals surface area contributed by atoms with Crippen LogP contribution in [0.1, 0.15) is 50.7 Å². The highest BCUT2D eigenvalue weighted by Gasteiger charge is 2.12. The van der Waals surface area contributed by atoms with Gasteiger partial charge < -0.3 is 10.6 Å². The maximum absolute atomic E-state index is 6.03. The summed E-state index contributed by atoms with van der Waals surface area (Å²) in [6.07, 6.45) is 0.866. The van der Waals surface area contributed by atoms with Gasteiger partial charge in [-0.05, 0) is 25.9 Å². The fourth-order valence-corrected chi connectivity index (χ4v) is 2.29. The maximum Gasteiger partial charge on any atom is 0.132 e. The van der Waals surface area contributed by atoms with E-state index in [1.807, 2.05) is 6.92 Å². The van der Waals surface area contributed by atoms with E-state index in [0.717, 1.165) is 43.1 Å². The summed E-state index contributed by atoms with van der Waals surface area (Å²) >= 11 is 0. The van der Waals surface area contributed by atoms with Gasteiger partial charge in [0.2, 0.25) is 0 Å². The van der Waals surface area contributed by atoms with E-state index >= 15 is 0 Å². The van der Waals surface area contributed by atoms with Gasteiger partial charge in [0.25, 0.3) is 0 Å². The maximum atomic E-state index is 6.03. The van der Waals surface area contributed by atoms with Crippen LogP contribution in [0.2, 0.25) is 0 Å². The Morgan fingerprint density at radius 1 is 1.17 bits per heavy atom. The van der Waals surface area contributed by atoms with Crippen LogP contribution in [0, 0.1) is 6.92 Å². The zero-order chi connectivity index (χ0) is 13.7. The molecule has 0 saturated carbocycles. The summed E-state index contributed by atoms with van der Waals surface area (Å²) in [5, 5.41) is 0. The Kier molecular flexibility index (Phi) is 5.54. The molecule has 1 heterocycles. The van der Waals surface area contributed by atoms with Crippen LogP contribution < -0.4 is 5.73 Å². The smallest absolute Gasteiger partial charge is 0.132 e. The van der Waals surface area contributed by atoms with Crippen molar-refractivity contribution in [2.24, 2.45) is 0 Å². The van der Waals surface area contributed by atoms with Crippen molar-refractivity contribution >= 4 is 5.82 Å². The van der Waals surface area contributed by atoms with Crippen LogP contribution in [-0.2, 0) is 6.42 Å². The normalized spacial score (nSPS) is 11.5. The topological polar surface area (TPSA) is 55.0 Å². The van der Waals surface area contributed by atoms with Crippen LogP contribution in [0.4, 0.5) is 5.82 Å². The predicted octanol–water partition coefficient (Wildman–Crippen LogP) is 2.37. The summed E-state index contributed by atoms with van der Waals surface area (Å²) < 4.78 is 0. The lowest BCUT2D eigenvalue weighted by atomic mass is 10.0. The summed E-state index contributed by atoms with van der Waals surface area (Å²) in [6, 6.07) is 0. The summed E-state index contributed by atoms with van der Waals surface area (Å²) in [5.74, 6) is 1.88. The Morgan fingerprint density at radius 2 is 1.78 bits per heavy atom. The van der Waals surface area contributed by atoms with Crippen LogP contribution in [0.5, 0.6) is 0 Å². The van der Waals surface area contributed by atoms with Gasteiger partial charge in [0.1, 0.15) is 11.6 Å². The molecule has 4 nitrogen and oxygen atoms in total. The average molecular weight is 250 g/mol. The molecule has 0 fully saturated rings. The second-order valence-corrected chi connectivity index (χ2v) is 4.96. The molecule has 0 saturated heterocycles. The Morgan fingerprint density at radius 3 is 2.22 bits per heavy atom. The summed E-state index contributed by atoms with van der Waals surface area (Å²) in [5.41, 5.74) is 8.14. The standard InChI is InChI=1S/C14H26N4/c1-6-18(7-2)9-8-12-16-11(5)13(10(3)4)14(15)17-12/h10H,6-9H2,1-5H3,(H2,15,16,17). The molecule has 0 spiro atoms. The monoisotopic (exact) mass is 250 g/mol. The molecule has 0 aliphatic carbocycles. The third-order valence-electron chi connectivity index (χ3n) is 3.34. The van der Waals surface area contributed by atoms with Crippen molar-refractivity contribution in [2.75, 3.05) is 25.4 Å². The largest absolute Gasteiger partial charge is 0.383 e. The molecule has 4 heteroatoms. The van der Waals surface area contributed by atoms with E-state index in [4.69, 9.17) is 5.73 Å². The fourth-order valence-electron chi connectivity index (χ4n) is 2.29. The molecule has 0 radical (unpaired) electrons. The number of hydrogen-bond donors (Lipinski definition) is 1. The van der Waals surface area contributed by atoms with Crippen molar-refractivity contribution in [1.82, 2.24) is 14.9 Å². The van der Waals surface area contributed by atoms with E-state index in [1.54, 1.807) is 0 Å². The molecule has 0 atom stereocenters. The van der Waals surface area contributed by atoms with Gasteiger partial charge in [-0.3, -0.25) is 0 Å². The highest BCUT2D eigenvalue weighted by atomic mass is 15.1. The van der Waals surface area contributed by atoms with Gasteiger partial charge in [0, 0.05) is 24.2 Å². The molecule has 1 rings (SSSR count). The number of rotatable bonds is 6. The number of nitrogen functional groups attached to an aromatic ring is 1. The third kappa shape index (κ3) is 3.67. The highest BCUT2D eigenvalue weighted by Crippen LogP contribution is 2.22. The lowest BCUT2D eigenvalue weighted by Crippen LogP contribution is -2.26. The lowest BCUT2D eigenvalue weighted by Gasteiger charge is -2.18. The van der Waals surface area contributed by atoms with E-state index in [1.165, 1.54) is 0 Å². The molecule has 0 aliphatic heterocycles. The molecule has 18 heavy (non-hydrogen) atoms. The van der Waals surface area contributed by atoms with Gasteiger partial charge in [-0.1, -0.05) is 27.7 Å². The van der Waals surface area contributed by atoms with Crippen molar-refractivity contribution in [3.8, 4) is 0 Å². The molecule has 0 unspecified atom stereocenters. The van der Waals surface area contributed by atoms with Gasteiger partial charge in [0.05, 0.1) is 0 Å². The van der Waals surface area contributed by atoms with Crippen molar-refractivity contribution in [3.05, 3.63) is 17.1 Å². The van der Waals surface area contributed by atoms with E-state index in [0.29, 0.717) is 11.7 Å². The second kappa shape index (κ2) is 6.69. The molecule has 0 aliphatic rings. The molecule has 2 N–H and O–H groups in total. The van der Waals surface area contributed by atoms with Crippen LogP contribution in [0.25, 0.3) is 0 Å². The highest BCUT2D eigenvalue weighted by molar-refractivity contribution is 5.44. The first-order valence-corrected chi connectivity index (χ1v) is 6.84. The van der Waals surface area contributed by atoms with Gasteiger partial charge in [-0.15, -0.1) is 0 Å². The van der Waals surface area contributed by atoms with E-state index in [-0.39, 0.29) is 0 Å². The molecule has 1 aromatic heterocycles. The molecular formula is C14H26N4. The number of nitrogens with zero attached hydrogens (tertiary/aromatic N) is 3. The minimum absolute atomic E-state index is 0.377. The van der Waals surface area contributed by atoms with Gasteiger partial charge >= 0.3 is 0 Å². The Labute approximate surface area is 111 Å². The fraction of sp³-hybridized carbons (Fsp3) is 0.714. The van der Waals surface area contributed by atoms with Crippen LogP contribution in [0.3, 0.4) is 0 Å². The molecule has 102 valence electrons. The molecule has 0 aromatic carbocycles. The van der Waals surface area contributed by atoms with E-state index in [9.17, 15) is 0 Å². The van der Waals surface area contributed by atoms with E-state index < -0.39 is 0 Å². The van der Waals surface area contributed by atoms with Crippen molar-refractivity contribution < 1.29 is 0 Å². The quantitative estimate of drug-likeness (QED) is 0.842. The van der Waals surface area contributed by atoms with Crippen LogP contribution in [0.15, 0.2) is 0 Å². The van der Waals surface area contributed by atoms with Gasteiger partial charge in [-0.2, -0.15) is 0 Å². The molecular weight excluding hydrogens is 224 g/mol. The SMILES string of the molecule is CCN(CC)CCc1nc(C)c(C(C)C)c(N)n1. The van der Waals surface area contributed by atoms with Crippen molar-refractivity contribution in [2.45, 2.75) is 47.0 Å². The summed E-state index contributed by atoms with van der Waals surface area (Å²) in [7, 11) is 0. The number of likely N-dealkylation sites (N-methyl/N-ethyl adjacent to an activating group) is 1. The Balaban J connectivity index is 2.80. The number of hydrogen-bond acceptors (Lipinski definition) is 4. The first-order valence-electron chi connectivity index (χ1n) is 6.84. The summed E-state index contributed by atoms with van der Waals surface area (Å²) in [6.45, 7) is 13.7. The van der Waals surface area contributed by atoms with Gasteiger partial charge in [-0.25, -0.2) is 9.97 Å². The first-order chi connectivity index (χ1) is 8.49. The van der Waals surface area contributed by atoms with Crippen LogP contribution >= 0.6 is 0 Å². The second-order valence-electron chi connectivity index (χ2n) is 4.96. The predicted molar refractivity (Wildman–Crippen MR) is 76.8 cm³/mol. The minimum atomic E-state index is 0.377. The number of aromatic nitrogens is 2. The molecule has 0 bridgehead atoms. The first kappa shape index (κ1) is 14.9.